The van der Waals surface area contributed by atoms with Crippen LogP contribution in [0.15, 0.2) is 77.9 Å². The molecule has 3 rings (SSSR count). The predicted octanol–water partition coefficient (Wildman–Crippen LogP) is 4.35. The number of rotatable bonds is 7. The number of carbonyl (C=O) groups is 1. The number of hydrogen-bond donors (Lipinski definition) is 1. The second-order valence-electron chi connectivity index (χ2n) is 6.27. The summed E-state index contributed by atoms with van der Waals surface area (Å²) in [5.74, 6) is 1.10. The molecule has 0 heterocycles. The highest BCUT2D eigenvalue weighted by Gasteiger charge is 2.05. The van der Waals surface area contributed by atoms with Crippen molar-refractivity contribution in [3.63, 3.8) is 0 Å². The maximum Gasteiger partial charge on any atom is 0.271 e. The topological polar surface area (TPSA) is 59.9 Å². The van der Waals surface area contributed by atoms with Gasteiger partial charge in [0.2, 0.25) is 0 Å². The lowest BCUT2D eigenvalue weighted by atomic mass is 10.2. The molecule has 0 bridgehead atoms. The average molecular weight is 374 g/mol. The van der Waals surface area contributed by atoms with Gasteiger partial charge in [0.05, 0.1) is 13.3 Å². The van der Waals surface area contributed by atoms with Crippen LogP contribution in [-0.2, 0) is 6.61 Å². The number of nitrogens with one attached hydrogen (secondary N) is 1. The number of amides is 1. The van der Waals surface area contributed by atoms with E-state index in [4.69, 9.17) is 9.47 Å². The summed E-state index contributed by atoms with van der Waals surface area (Å²) in [6.45, 7) is 2.58. The van der Waals surface area contributed by atoms with E-state index in [0.29, 0.717) is 17.9 Å². The van der Waals surface area contributed by atoms with Gasteiger partial charge in [0.1, 0.15) is 18.1 Å². The molecule has 0 spiro atoms. The lowest BCUT2D eigenvalue weighted by Gasteiger charge is -2.07. The van der Waals surface area contributed by atoms with Gasteiger partial charge >= 0.3 is 0 Å². The van der Waals surface area contributed by atoms with Crippen molar-refractivity contribution in [2.24, 2.45) is 5.10 Å². The molecule has 0 aromatic heterocycles. The Morgan fingerprint density at radius 3 is 2.46 bits per heavy atom. The minimum Gasteiger partial charge on any atom is -0.497 e. The van der Waals surface area contributed by atoms with E-state index in [1.165, 1.54) is 5.56 Å². The molecule has 0 radical (unpaired) electrons. The Hall–Kier alpha value is -3.60. The minimum atomic E-state index is -0.298. The number of hydrogen-bond acceptors (Lipinski definition) is 4. The van der Waals surface area contributed by atoms with Gasteiger partial charge in [-0.15, -0.1) is 0 Å². The molecule has 1 amide bonds. The van der Waals surface area contributed by atoms with Crippen molar-refractivity contribution >= 4 is 12.1 Å². The first-order valence-corrected chi connectivity index (χ1v) is 8.90. The Morgan fingerprint density at radius 1 is 1.00 bits per heavy atom. The molecule has 5 nitrogen and oxygen atoms in total. The SMILES string of the molecule is COc1cccc(C(=O)N/N=C/c2ccc(OCc3ccc(C)cc3)cc2)c1. The second kappa shape index (κ2) is 9.37. The summed E-state index contributed by atoms with van der Waals surface area (Å²) < 4.78 is 10.9. The number of methoxy groups -OCH3 is 1. The summed E-state index contributed by atoms with van der Waals surface area (Å²) >= 11 is 0. The molecule has 0 saturated carbocycles. The molecule has 1 N–H and O–H groups in total. The summed E-state index contributed by atoms with van der Waals surface area (Å²) in [6, 6.07) is 22.7. The molecule has 0 saturated heterocycles. The van der Waals surface area contributed by atoms with Gasteiger partial charge in [-0.1, -0.05) is 35.9 Å². The quantitative estimate of drug-likeness (QED) is 0.494. The van der Waals surface area contributed by atoms with Crippen molar-refractivity contribution in [2.45, 2.75) is 13.5 Å². The van der Waals surface area contributed by atoms with Gasteiger partial charge in [0.15, 0.2) is 0 Å². The number of benzene rings is 3. The van der Waals surface area contributed by atoms with Crippen molar-refractivity contribution in [3.8, 4) is 11.5 Å². The van der Waals surface area contributed by atoms with Crippen molar-refractivity contribution in [1.29, 1.82) is 0 Å². The molecule has 3 aromatic rings. The fourth-order valence-electron chi connectivity index (χ4n) is 2.50. The Morgan fingerprint density at radius 2 is 1.75 bits per heavy atom. The third-order valence-corrected chi connectivity index (χ3v) is 4.12. The first-order valence-electron chi connectivity index (χ1n) is 8.90. The van der Waals surface area contributed by atoms with Gasteiger partial charge in [-0.3, -0.25) is 4.79 Å². The normalized spacial score (nSPS) is 10.6. The van der Waals surface area contributed by atoms with Gasteiger partial charge in [0.25, 0.3) is 5.91 Å². The smallest absolute Gasteiger partial charge is 0.271 e. The van der Waals surface area contributed by atoms with Gasteiger partial charge in [-0.05, 0) is 60.5 Å². The average Bonchev–Trinajstić information content (AvgIpc) is 2.74. The molecule has 0 fully saturated rings. The maximum absolute atomic E-state index is 12.1. The van der Waals surface area contributed by atoms with Crippen LogP contribution in [0.2, 0.25) is 0 Å². The predicted molar refractivity (Wildman–Crippen MR) is 110 cm³/mol. The lowest BCUT2D eigenvalue weighted by molar-refractivity contribution is 0.0955. The van der Waals surface area contributed by atoms with E-state index >= 15 is 0 Å². The fourth-order valence-corrected chi connectivity index (χ4v) is 2.50. The molecule has 28 heavy (non-hydrogen) atoms. The van der Waals surface area contributed by atoms with E-state index in [1.54, 1.807) is 37.6 Å². The zero-order valence-corrected chi connectivity index (χ0v) is 15.9. The fraction of sp³-hybridized carbons (Fsp3) is 0.130. The van der Waals surface area contributed by atoms with E-state index < -0.39 is 0 Å². The Labute approximate surface area is 164 Å². The maximum atomic E-state index is 12.1. The van der Waals surface area contributed by atoms with Gasteiger partial charge in [0, 0.05) is 5.56 Å². The summed E-state index contributed by atoms with van der Waals surface area (Å²) in [4.78, 5) is 12.1. The van der Waals surface area contributed by atoms with Gasteiger partial charge in [-0.2, -0.15) is 5.10 Å². The number of aryl methyl sites for hydroxylation is 1. The number of hydrazone groups is 1. The van der Waals surface area contributed by atoms with Crippen LogP contribution >= 0.6 is 0 Å². The van der Waals surface area contributed by atoms with E-state index in [9.17, 15) is 4.79 Å². The Kier molecular flexibility index (Phi) is 6.41. The summed E-state index contributed by atoms with van der Waals surface area (Å²) in [6.07, 6.45) is 1.59. The van der Waals surface area contributed by atoms with E-state index in [2.05, 4.69) is 41.7 Å². The molecular weight excluding hydrogens is 352 g/mol. The molecule has 5 heteroatoms. The number of carbonyl (C=O) groups excluding carboxylic acids is 1. The van der Waals surface area contributed by atoms with E-state index in [-0.39, 0.29) is 5.91 Å². The van der Waals surface area contributed by atoms with Crippen LogP contribution in [0, 0.1) is 6.92 Å². The summed E-state index contributed by atoms with van der Waals surface area (Å²) in [5, 5.41) is 4.00. The standard InChI is InChI=1S/C23H22N2O3/c1-17-6-8-19(9-7-17)16-28-21-12-10-18(11-13-21)15-24-25-23(26)20-4-3-5-22(14-20)27-2/h3-15H,16H2,1-2H3,(H,25,26)/b24-15+. The number of nitrogens with zero attached hydrogens (tertiary/aromatic N) is 1. The molecule has 0 aliphatic carbocycles. The molecule has 3 aromatic carbocycles. The van der Waals surface area contributed by atoms with Crippen LogP contribution < -0.4 is 14.9 Å². The zero-order valence-electron chi connectivity index (χ0n) is 15.9. The van der Waals surface area contributed by atoms with Crippen molar-refractivity contribution in [2.75, 3.05) is 7.11 Å². The van der Waals surface area contributed by atoms with Gasteiger partial charge in [-0.25, -0.2) is 5.43 Å². The van der Waals surface area contributed by atoms with Crippen molar-refractivity contribution < 1.29 is 14.3 Å². The highest BCUT2D eigenvalue weighted by atomic mass is 16.5. The van der Waals surface area contributed by atoms with Crippen LogP contribution in [0.25, 0.3) is 0 Å². The van der Waals surface area contributed by atoms with Gasteiger partial charge < -0.3 is 9.47 Å². The first-order chi connectivity index (χ1) is 13.6. The largest absolute Gasteiger partial charge is 0.497 e. The summed E-state index contributed by atoms with van der Waals surface area (Å²) in [7, 11) is 1.56. The van der Waals surface area contributed by atoms with Crippen LogP contribution in [-0.4, -0.2) is 19.2 Å². The minimum absolute atomic E-state index is 0.298. The third-order valence-electron chi connectivity index (χ3n) is 4.12. The molecule has 0 unspecified atom stereocenters. The highest BCUT2D eigenvalue weighted by molar-refractivity contribution is 5.95. The molecule has 0 atom stereocenters. The summed E-state index contributed by atoms with van der Waals surface area (Å²) in [5.41, 5.74) is 6.20. The molecule has 142 valence electrons. The van der Waals surface area contributed by atoms with Crippen LogP contribution in [0.5, 0.6) is 11.5 Å². The van der Waals surface area contributed by atoms with Crippen molar-refractivity contribution in [1.82, 2.24) is 5.43 Å². The second-order valence-corrected chi connectivity index (χ2v) is 6.27. The molecule has 0 aliphatic rings. The zero-order chi connectivity index (χ0) is 19.8. The highest BCUT2D eigenvalue weighted by Crippen LogP contribution is 2.14. The molecular formula is C23H22N2O3. The number of ether oxygens (including phenoxy) is 2. The molecule has 0 aliphatic heterocycles. The van der Waals surface area contributed by atoms with E-state index in [1.807, 2.05) is 24.3 Å². The van der Waals surface area contributed by atoms with Crippen molar-refractivity contribution in [3.05, 3.63) is 95.1 Å². The van der Waals surface area contributed by atoms with Crippen LogP contribution in [0.3, 0.4) is 0 Å². The Balaban J connectivity index is 1.51. The third kappa shape index (κ3) is 5.45. The van der Waals surface area contributed by atoms with Crippen LogP contribution in [0.4, 0.5) is 0 Å². The monoisotopic (exact) mass is 374 g/mol. The van der Waals surface area contributed by atoms with E-state index in [0.717, 1.165) is 16.9 Å². The Bertz CT molecular complexity index is 948. The lowest BCUT2D eigenvalue weighted by Crippen LogP contribution is -2.17. The van der Waals surface area contributed by atoms with Crippen LogP contribution in [0.1, 0.15) is 27.0 Å². The first kappa shape index (κ1) is 19.2.